The topological polar surface area (TPSA) is 78.3 Å². The third-order valence-electron chi connectivity index (χ3n) is 3.73. The number of carboxylic acids is 1. The van der Waals surface area contributed by atoms with Gasteiger partial charge in [0.15, 0.2) is 5.54 Å². The van der Waals surface area contributed by atoms with E-state index in [1.165, 1.54) is 0 Å². The minimum absolute atomic E-state index is 0.532. The first-order chi connectivity index (χ1) is 9.06. The van der Waals surface area contributed by atoms with E-state index >= 15 is 0 Å². The van der Waals surface area contributed by atoms with Gasteiger partial charge >= 0.3 is 5.97 Å². The maximum absolute atomic E-state index is 11.9. The van der Waals surface area contributed by atoms with Gasteiger partial charge in [-0.25, -0.2) is 4.79 Å². The number of hydrogen-bond acceptors (Lipinski definition) is 5. The first kappa shape index (κ1) is 13.9. The third kappa shape index (κ3) is 2.59. The van der Waals surface area contributed by atoms with Crippen molar-refractivity contribution in [1.29, 1.82) is 0 Å². The van der Waals surface area contributed by atoms with Crippen molar-refractivity contribution in [3.05, 3.63) is 23.8 Å². The molecule has 6 heteroatoms. The van der Waals surface area contributed by atoms with Crippen LogP contribution in [0.5, 0.6) is 0 Å². The highest BCUT2D eigenvalue weighted by Crippen LogP contribution is 2.29. The van der Waals surface area contributed by atoms with Gasteiger partial charge in [0, 0.05) is 32.0 Å². The highest BCUT2D eigenvalue weighted by molar-refractivity contribution is 5.80. The van der Waals surface area contributed by atoms with Crippen molar-refractivity contribution in [1.82, 2.24) is 20.2 Å². The lowest BCUT2D eigenvalue weighted by atomic mass is 9.93. The molecule has 6 nitrogen and oxygen atoms in total. The first-order valence-corrected chi connectivity index (χ1v) is 6.54. The van der Waals surface area contributed by atoms with E-state index in [2.05, 4.69) is 15.3 Å². The zero-order chi connectivity index (χ0) is 13.9. The number of hydrogen-bond donors (Lipinski definition) is 2. The fourth-order valence-corrected chi connectivity index (χ4v) is 2.56. The molecule has 1 aliphatic heterocycles. The number of aryl methyl sites for hydroxylation is 1. The third-order valence-corrected chi connectivity index (χ3v) is 3.73. The summed E-state index contributed by atoms with van der Waals surface area (Å²) in [5.41, 5.74) is 0.0821. The van der Waals surface area contributed by atoms with Crippen molar-refractivity contribution < 1.29 is 9.90 Å². The summed E-state index contributed by atoms with van der Waals surface area (Å²) in [6, 6.07) is 0. The Morgan fingerprint density at radius 2 is 2.11 bits per heavy atom. The Kier molecular flexibility index (Phi) is 4.11. The second-order valence-corrected chi connectivity index (χ2v) is 4.96. The standard InChI is InChI=1S/C13H20N4O2/c1-10-11(16-6-5-15-10)13(2,12(18)19)17-8-3-4-14-7-9-17/h5-6,14H,3-4,7-9H2,1-2H3,(H,18,19). The molecule has 2 N–H and O–H groups in total. The Bertz CT molecular complexity index is 458. The molecule has 1 atom stereocenters. The van der Waals surface area contributed by atoms with Gasteiger partial charge in [-0.15, -0.1) is 0 Å². The SMILES string of the molecule is Cc1nccnc1C(C)(C(=O)O)N1CCCNCC1. The van der Waals surface area contributed by atoms with E-state index < -0.39 is 11.5 Å². The minimum atomic E-state index is -1.12. The van der Waals surface area contributed by atoms with Crippen molar-refractivity contribution in [3.63, 3.8) is 0 Å². The summed E-state index contributed by atoms with van der Waals surface area (Å²) in [5.74, 6) is -0.877. The molecule has 1 aromatic rings. The van der Waals surface area contributed by atoms with Gasteiger partial charge in [0.25, 0.3) is 0 Å². The molecule has 19 heavy (non-hydrogen) atoms. The molecule has 104 valence electrons. The highest BCUT2D eigenvalue weighted by atomic mass is 16.4. The average Bonchev–Trinajstić information content (AvgIpc) is 2.67. The monoisotopic (exact) mass is 264 g/mol. The van der Waals surface area contributed by atoms with Crippen LogP contribution in [0.4, 0.5) is 0 Å². The molecule has 2 heterocycles. The molecule has 0 bridgehead atoms. The van der Waals surface area contributed by atoms with E-state index in [4.69, 9.17) is 0 Å². The molecular weight excluding hydrogens is 244 g/mol. The molecule has 1 fully saturated rings. The predicted molar refractivity (Wildman–Crippen MR) is 70.8 cm³/mol. The Morgan fingerprint density at radius 3 is 2.79 bits per heavy atom. The lowest BCUT2D eigenvalue weighted by molar-refractivity contribution is -0.151. The Morgan fingerprint density at radius 1 is 1.37 bits per heavy atom. The van der Waals surface area contributed by atoms with Crippen LogP contribution in [0.25, 0.3) is 0 Å². The Hall–Kier alpha value is -1.53. The van der Waals surface area contributed by atoms with E-state index in [1.807, 2.05) is 4.90 Å². The number of aliphatic carboxylic acids is 1. The normalized spacial score (nSPS) is 20.5. The van der Waals surface area contributed by atoms with Crippen LogP contribution in [0.3, 0.4) is 0 Å². The quantitative estimate of drug-likeness (QED) is 0.822. The van der Waals surface area contributed by atoms with Crippen molar-refractivity contribution in [2.24, 2.45) is 0 Å². The van der Waals surface area contributed by atoms with Crippen LogP contribution in [-0.2, 0) is 10.3 Å². The summed E-state index contributed by atoms with van der Waals surface area (Å²) in [7, 11) is 0. The van der Waals surface area contributed by atoms with Crippen LogP contribution in [0, 0.1) is 6.92 Å². The van der Waals surface area contributed by atoms with Crippen molar-refractivity contribution >= 4 is 5.97 Å². The number of rotatable bonds is 3. The second kappa shape index (κ2) is 5.63. The zero-order valence-corrected chi connectivity index (χ0v) is 11.4. The van der Waals surface area contributed by atoms with Gasteiger partial charge in [-0.2, -0.15) is 0 Å². The smallest absolute Gasteiger partial charge is 0.330 e. The van der Waals surface area contributed by atoms with Gasteiger partial charge in [0.05, 0.1) is 11.4 Å². The number of carboxylic acid groups (broad SMARTS) is 1. The molecule has 1 aromatic heterocycles. The summed E-state index contributed by atoms with van der Waals surface area (Å²) in [5, 5.41) is 13.0. The maximum atomic E-state index is 11.9. The first-order valence-electron chi connectivity index (χ1n) is 6.54. The lowest BCUT2D eigenvalue weighted by Crippen LogP contribution is -2.52. The van der Waals surface area contributed by atoms with Crippen LogP contribution in [-0.4, -0.2) is 52.1 Å². The van der Waals surface area contributed by atoms with Gasteiger partial charge in [0.1, 0.15) is 0 Å². The summed E-state index contributed by atoms with van der Waals surface area (Å²) < 4.78 is 0. The van der Waals surface area contributed by atoms with E-state index in [9.17, 15) is 9.90 Å². The summed E-state index contributed by atoms with van der Waals surface area (Å²) in [4.78, 5) is 22.3. The number of carbonyl (C=O) groups is 1. The van der Waals surface area contributed by atoms with Crippen molar-refractivity contribution in [3.8, 4) is 0 Å². The second-order valence-electron chi connectivity index (χ2n) is 4.96. The van der Waals surface area contributed by atoms with Gasteiger partial charge < -0.3 is 10.4 Å². The van der Waals surface area contributed by atoms with Gasteiger partial charge in [-0.3, -0.25) is 14.9 Å². The van der Waals surface area contributed by atoms with Gasteiger partial charge in [0.2, 0.25) is 0 Å². The summed E-state index contributed by atoms with van der Waals surface area (Å²) >= 11 is 0. The summed E-state index contributed by atoms with van der Waals surface area (Å²) in [6.07, 6.45) is 4.08. The lowest BCUT2D eigenvalue weighted by Gasteiger charge is -2.37. The van der Waals surface area contributed by atoms with Crippen LogP contribution >= 0.6 is 0 Å². The minimum Gasteiger partial charge on any atom is -0.480 e. The van der Waals surface area contributed by atoms with Gasteiger partial charge in [-0.1, -0.05) is 0 Å². The Labute approximate surface area is 112 Å². The molecule has 0 saturated carbocycles. The number of nitrogens with one attached hydrogen (secondary N) is 1. The van der Waals surface area contributed by atoms with E-state index in [-0.39, 0.29) is 0 Å². The molecule has 0 spiro atoms. The van der Waals surface area contributed by atoms with Crippen molar-refractivity contribution in [2.75, 3.05) is 26.2 Å². The zero-order valence-electron chi connectivity index (χ0n) is 11.4. The molecule has 1 saturated heterocycles. The van der Waals surface area contributed by atoms with Crippen molar-refractivity contribution in [2.45, 2.75) is 25.8 Å². The van der Waals surface area contributed by atoms with Crippen LogP contribution in [0.1, 0.15) is 24.7 Å². The maximum Gasteiger partial charge on any atom is 0.330 e. The molecule has 1 aliphatic rings. The fourth-order valence-electron chi connectivity index (χ4n) is 2.56. The fraction of sp³-hybridized carbons (Fsp3) is 0.615. The average molecular weight is 264 g/mol. The van der Waals surface area contributed by atoms with E-state index in [1.54, 1.807) is 26.2 Å². The van der Waals surface area contributed by atoms with Crippen LogP contribution in [0.2, 0.25) is 0 Å². The molecule has 0 aliphatic carbocycles. The van der Waals surface area contributed by atoms with E-state index in [0.717, 1.165) is 26.1 Å². The largest absolute Gasteiger partial charge is 0.480 e. The van der Waals surface area contributed by atoms with Crippen LogP contribution in [0.15, 0.2) is 12.4 Å². The molecule has 0 amide bonds. The number of aromatic nitrogens is 2. The molecule has 0 radical (unpaired) electrons. The molecule has 2 rings (SSSR count). The van der Waals surface area contributed by atoms with Crippen LogP contribution < -0.4 is 5.32 Å². The molecule has 1 unspecified atom stereocenters. The van der Waals surface area contributed by atoms with Gasteiger partial charge in [-0.05, 0) is 26.8 Å². The Balaban J connectivity index is 2.42. The molecule has 0 aromatic carbocycles. The summed E-state index contributed by atoms with van der Waals surface area (Å²) in [6.45, 7) is 6.68. The van der Waals surface area contributed by atoms with E-state index in [0.29, 0.717) is 17.9 Å². The number of nitrogens with zero attached hydrogens (tertiary/aromatic N) is 3. The predicted octanol–water partition coefficient (Wildman–Crippen LogP) is 0.380. The molecular formula is C13H20N4O2. The highest BCUT2D eigenvalue weighted by Gasteiger charge is 2.44.